The predicted molar refractivity (Wildman–Crippen MR) is 84.9 cm³/mol. The number of halogens is 1. The van der Waals surface area contributed by atoms with Gasteiger partial charge in [0.15, 0.2) is 5.11 Å². The van der Waals surface area contributed by atoms with Gasteiger partial charge < -0.3 is 10.6 Å². The van der Waals surface area contributed by atoms with E-state index in [-0.39, 0.29) is 5.82 Å². The van der Waals surface area contributed by atoms with E-state index in [4.69, 9.17) is 12.2 Å². The van der Waals surface area contributed by atoms with Crippen LogP contribution in [-0.4, -0.2) is 11.2 Å². The maximum atomic E-state index is 12.8. The smallest absolute Gasteiger partial charge is 0.166 e. The van der Waals surface area contributed by atoms with Gasteiger partial charge in [0.05, 0.1) is 0 Å². The average molecular weight is 294 g/mol. The first kappa shape index (κ1) is 15.2. The molecule has 0 bridgehead atoms. The van der Waals surface area contributed by atoms with Crippen LogP contribution in [0.4, 0.5) is 4.39 Å². The summed E-state index contributed by atoms with van der Waals surface area (Å²) in [6.45, 7) is 5.24. The molecule has 0 aromatic heterocycles. The summed E-state index contributed by atoms with van der Waals surface area (Å²) < 4.78 is 12.8. The fourth-order valence-electron chi connectivity index (χ4n) is 2.79. The Hall–Kier alpha value is -1.16. The van der Waals surface area contributed by atoms with Crippen molar-refractivity contribution in [2.24, 2.45) is 11.8 Å². The second-order valence-electron chi connectivity index (χ2n) is 5.83. The summed E-state index contributed by atoms with van der Waals surface area (Å²) in [4.78, 5) is 0. The molecule has 0 amide bonds. The molecule has 2 N–H and O–H groups in total. The molecule has 110 valence electrons. The maximum Gasteiger partial charge on any atom is 0.166 e. The summed E-state index contributed by atoms with van der Waals surface area (Å²) in [7, 11) is 0. The van der Waals surface area contributed by atoms with Crippen LogP contribution in [0.1, 0.15) is 38.7 Å². The standard InChI is InChI=1S/C16H23FN2S/c1-11-4-3-5-15(12(11)2)19-16(20)18-10-13-6-8-14(17)9-7-13/h6-9,11-12,15H,3-5,10H2,1-2H3,(H2,18,19,20)/t11-,12+,15+/m1/s1. The van der Waals surface area contributed by atoms with Crippen LogP contribution >= 0.6 is 12.2 Å². The van der Waals surface area contributed by atoms with Gasteiger partial charge in [-0.25, -0.2) is 4.39 Å². The summed E-state index contributed by atoms with van der Waals surface area (Å²) in [5.41, 5.74) is 1.03. The Balaban J connectivity index is 1.79. The molecular formula is C16H23FN2S. The largest absolute Gasteiger partial charge is 0.360 e. The van der Waals surface area contributed by atoms with Crippen LogP contribution < -0.4 is 10.6 Å². The summed E-state index contributed by atoms with van der Waals surface area (Å²) in [5.74, 6) is 1.19. The zero-order valence-corrected chi connectivity index (χ0v) is 13.0. The van der Waals surface area contributed by atoms with Crippen LogP contribution in [0, 0.1) is 17.7 Å². The lowest BCUT2D eigenvalue weighted by Crippen LogP contribution is -2.47. The van der Waals surface area contributed by atoms with Gasteiger partial charge in [-0.15, -0.1) is 0 Å². The first-order valence-electron chi connectivity index (χ1n) is 7.35. The zero-order chi connectivity index (χ0) is 14.5. The van der Waals surface area contributed by atoms with Crippen LogP contribution in [0.25, 0.3) is 0 Å². The van der Waals surface area contributed by atoms with Crippen molar-refractivity contribution in [3.05, 3.63) is 35.6 Å². The van der Waals surface area contributed by atoms with Gasteiger partial charge in [0, 0.05) is 12.6 Å². The normalized spacial score (nSPS) is 26.1. The molecule has 2 nitrogen and oxygen atoms in total. The third-order valence-corrected chi connectivity index (χ3v) is 4.65. The van der Waals surface area contributed by atoms with E-state index in [1.54, 1.807) is 12.1 Å². The molecule has 1 aromatic carbocycles. The van der Waals surface area contributed by atoms with Crippen LogP contribution in [0.2, 0.25) is 0 Å². The number of rotatable bonds is 3. The van der Waals surface area contributed by atoms with Crippen molar-refractivity contribution in [2.75, 3.05) is 0 Å². The van der Waals surface area contributed by atoms with E-state index in [0.717, 1.165) is 11.5 Å². The van der Waals surface area contributed by atoms with E-state index < -0.39 is 0 Å². The van der Waals surface area contributed by atoms with Gasteiger partial charge in [0.25, 0.3) is 0 Å². The van der Waals surface area contributed by atoms with Crippen molar-refractivity contribution in [3.8, 4) is 0 Å². The zero-order valence-electron chi connectivity index (χ0n) is 12.2. The third-order valence-electron chi connectivity index (χ3n) is 4.39. The van der Waals surface area contributed by atoms with Crippen LogP contribution in [0.3, 0.4) is 0 Å². The van der Waals surface area contributed by atoms with Crippen LogP contribution in [-0.2, 0) is 6.54 Å². The Bertz CT molecular complexity index is 446. The first-order valence-corrected chi connectivity index (χ1v) is 7.76. The highest BCUT2D eigenvalue weighted by atomic mass is 32.1. The average Bonchev–Trinajstić information content (AvgIpc) is 2.43. The van der Waals surface area contributed by atoms with E-state index in [0.29, 0.717) is 23.6 Å². The van der Waals surface area contributed by atoms with Gasteiger partial charge in [0.2, 0.25) is 0 Å². The highest BCUT2D eigenvalue weighted by Crippen LogP contribution is 2.29. The molecule has 0 saturated heterocycles. The number of benzene rings is 1. The predicted octanol–water partition coefficient (Wildman–Crippen LogP) is 3.61. The van der Waals surface area contributed by atoms with Gasteiger partial charge in [-0.1, -0.05) is 38.8 Å². The molecule has 3 atom stereocenters. The Labute approximate surface area is 126 Å². The molecule has 2 rings (SSSR count). The molecule has 0 radical (unpaired) electrons. The Kier molecular flexibility index (Phi) is 5.35. The minimum atomic E-state index is -0.209. The van der Waals surface area contributed by atoms with Gasteiger partial charge in [-0.2, -0.15) is 0 Å². The quantitative estimate of drug-likeness (QED) is 0.833. The van der Waals surface area contributed by atoms with Gasteiger partial charge in [0.1, 0.15) is 5.82 Å². The number of hydrogen-bond acceptors (Lipinski definition) is 1. The summed E-state index contributed by atoms with van der Waals surface area (Å²) in [6.07, 6.45) is 3.77. The summed E-state index contributed by atoms with van der Waals surface area (Å²) in [6, 6.07) is 6.95. The molecular weight excluding hydrogens is 271 g/mol. The minimum absolute atomic E-state index is 0.209. The minimum Gasteiger partial charge on any atom is -0.360 e. The molecule has 0 aliphatic heterocycles. The highest BCUT2D eigenvalue weighted by Gasteiger charge is 2.27. The second-order valence-corrected chi connectivity index (χ2v) is 6.24. The lowest BCUT2D eigenvalue weighted by atomic mass is 9.78. The Morgan fingerprint density at radius 3 is 2.65 bits per heavy atom. The lowest BCUT2D eigenvalue weighted by Gasteiger charge is -2.35. The third kappa shape index (κ3) is 4.17. The van der Waals surface area contributed by atoms with Crippen molar-refractivity contribution in [2.45, 2.75) is 45.7 Å². The number of thiocarbonyl (C=S) groups is 1. The molecule has 1 aliphatic rings. The first-order chi connectivity index (χ1) is 9.56. The molecule has 0 spiro atoms. The fourth-order valence-corrected chi connectivity index (χ4v) is 3.01. The van der Waals surface area contributed by atoms with Crippen molar-refractivity contribution in [1.82, 2.24) is 10.6 Å². The molecule has 0 unspecified atom stereocenters. The number of hydrogen-bond donors (Lipinski definition) is 2. The number of nitrogens with one attached hydrogen (secondary N) is 2. The van der Waals surface area contributed by atoms with Crippen molar-refractivity contribution < 1.29 is 4.39 Å². The Morgan fingerprint density at radius 1 is 1.25 bits per heavy atom. The van der Waals surface area contributed by atoms with Gasteiger partial charge >= 0.3 is 0 Å². The molecule has 1 saturated carbocycles. The summed E-state index contributed by atoms with van der Waals surface area (Å²) >= 11 is 5.36. The van der Waals surface area contributed by atoms with E-state index in [2.05, 4.69) is 24.5 Å². The topological polar surface area (TPSA) is 24.1 Å². The van der Waals surface area contributed by atoms with E-state index >= 15 is 0 Å². The van der Waals surface area contributed by atoms with Crippen molar-refractivity contribution in [1.29, 1.82) is 0 Å². The van der Waals surface area contributed by atoms with E-state index in [1.165, 1.54) is 31.4 Å². The van der Waals surface area contributed by atoms with Crippen LogP contribution in [0.15, 0.2) is 24.3 Å². The molecule has 0 heterocycles. The summed E-state index contributed by atoms with van der Waals surface area (Å²) in [5, 5.41) is 7.32. The van der Waals surface area contributed by atoms with E-state index in [9.17, 15) is 4.39 Å². The van der Waals surface area contributed by atoms with Gasteiger partial charge in [-0.3, -0.25) is 0 Å². The molecule has 4 heteroatoms. The van der Waals surface area contributed by atoms with Crippen molar-refractivity contribution >= 4 is 17.3 Å². The molecule has 1 aromatic rings. The SMILES string of the molecule is C[C@H]1[C@H](C)CCC[C@@H]1NC(=S)NCc1ccc(F)cc1. The van der Waals surface area contributed by atoms with E-state index in [1.807, 2.05) is 0 Å². The molecule has 1 fully saturated rings. The second kappa shape index (κ2) is 7.02. The fraction of sp³-hybridized carbons (Fsp3) is 0.562. The highest BCUT2D eigenvalue weighted by molar-refractivity contribution is 7.80. The Morgan fingerprint density at radius 2 is 1.95 bits per heavy atom. The lowest BCUT2D eigenvalue weighted by molar-refractivity contribution is 0.224. The maximum absolute atomic E-state index is 12.8. The molecule has 20 heavy (non-hydrogen) atoms. The van der Waals surface area contributed by atoms with Gasteiger partial charge in [-0.05, 0) is 48.2 Å². The van der Waals surface area contributed by atoms with Crippen molar-refractivity contribution in [3.63, 3.8) is 0 Å². The monoisotopic (exact) mass is 294 g/mol. The molecule has 1 aliphatic carbocycles. The van der Waals surface area contributed by atoms with Crippen LogP contribution in [0.5, 0.6) is 0 Å².